The number of imidazole rings is 1. The zero-order valence-corrected chi connectivity index (χ0v) is 19.2. The quantitative estimate of drug-likeness (QED) is 0.585. The van der Waals surface area contributed by atoms with Crippen LogP contribution in [-0.2, 0) is 24.3 Å². The molecule has 0 spiro atoms. The maximum absolute atomic E-state index is 12.6. The van der Waals surface area contributed by atoms with E-state index in [1.165, 1.54) is 0 Å². The smallest absolute Gasteiger partial charge is 0.330 e. The molecule has 0 saturated carbocycles. The van der Waals surface area contributed by atoms with Crippen LogP contribution in [0, 0.1) is 11.8 Å². The minimum atomic E-state index is -0.429. The molecule has 1 amide bonds. The van der Waals surface area contributed by atoms with E-state index in [1.807, 2.05) is 4.57 Å². The number of carbonyl (C=O) groups excluding carboxylic acids is 1. The predicted octanol–water partition coefficient (Wildman–Crippen LogP) is 2.83. The molecule has 0 radical (unpaired) electrons. The van der Waals surface area contributed by atoms with Crippen molar-refractivity contribution in [2.24, 2.45) is 11.8 Å². The maximum atomic E-state index is 12.6. The molecule has 1 unspecified atom stereocenters. The number of H-pyrrole nitrogens is 1. The molecule has 8 heteroatoms. The average Bonchev–Trinajstić information content (AvgIpc) is 3.02. The van der Waals surface area contributed by atoms with E-state index in [-0.39, 0.29) is 17.9 Å². The van der Waals surface area contributed by atoms with E-state index in [9.17, 15) is 14.4 Å². The Labute approximate surface area is 178 Å². The van der Waals surface area contributed by atoms with Crippen LogP contribution in [0.5, 0.6) is 0 Å². The standard InChI is InChI=1S/C22H37N5O3/c1-7-9-12-26-20-19(21(29)25-22(26)30)27(13-14(3)4)17(24-20)10-11-18(28)23-16(8-2)15(5)6/h14-16H,7-13H2,1-6H3,(H,23,28)(H,25,29,30). The Bertz CT molecular complexity index is 968. The molecule has 0 aliphatic rings. The van der Waals surface area contributed by atoms with Crippen LogP contribution in [0.25, 0.3) is 11.2 Å². The molecule has 0 bridgehead atoms. The monoisotopic (exact) mass is 419 g/mol. The highest BCUT2D eigenvalue weighted by atomic mass is 16.2. The number of aromatic amines is 1. The van der Waals surface area contributed by atoms with Crippen molar-refractivity contribution in [3.05, 3.63) is 26.7 Å². The molecule has 2 rings (SSSR count). The van der Waals surface area contributed by atoms with Crippen LogP contribution in [0.2, 0.25) is 0 Å². The van der Waals surface area contributed by atoms with Gasteiger partial charge in [0.1, 0.15) is 5.82 Å². The minimum Gasteiger partial charge on any atom is -0.353 e. The SMILES string of the molecule is CCCCn1c(=O)[nH]c(=O)c2c1nc(CCC(=O)NC(CC)C(C)C)n2CC(C)C. The van der Waals surface area contributed by atoms with E-state index in [4.69, 9.17) is 0 Å². The van der Waals surface area contributed by atoms with Crippen molar-refractivity contribution in [1.82, 2.24) is 24.4 Å². The fourth-order valence-corrected chi connectivity index (χ4v) is 3.74. The summed E-state index contributed by atoms with van der Waals surface area (Å²) in [7, 11) is 0. The molecule has 2 aromatic rings. The number of unbranched alkanes of at least 4 members (excludes halogenated alkanes) is 1. The topological polar surface area (TPSA) is 102 Å². The van der Waals surface area contributed by atoms with Gasteiger partial charge < -0.3 is 9.88 Å². The normalized spacial score (nSPS) is 12.8. The predicted molar refractivity (Wildman–Crippen MR) is 120 cm³/mol. The van der Waals surface area contributed by atoms with Gasteiger partial charge >= 0.3 is 5.69 Å². The summed E-state index contributed by atoms with van der Waals surface area (Å²) in [6, 6.07) is 0.147. The largest absolute Gasteiger partial charge is 0.353 e. The number of aryl methyl sites for hydroxylation is 2. The molecule has 8 nitrogen and oxygen atoms in total. The van der Waals surface area contributed by atoms with Crippen LogP contribution < -0.4 is 16.6 Å². The Morgan fingerprint density at radius 3 is 2.40 bits per heavy atom. The van der Waals surface area contributed by atoms with E-state index in [0.29, 0.717) is 48.8 Å². The molecule has 0 aliphatic carbocycles. The third-order valence-electron chi connectivity index (χ3n) is 5.41. The number of aromatic nitrogens is 4. The number of carbonyl (C=O) groups is 1. The fourth-order valence-electron chi connectivity index (χ4n) is 3.74. The Hall–Kier alpha value is -2.38. The van der Waals surface area contributed by atoms with Gasteiger partial charge in [-0.25, -0.2) is 9.78 Å². The van der Waals surface area contributed by atoms with Crippen LogP contribution in [0.1, 0.15) is 73.1 Å². The molecule has 168 valence electrons. The van der Waals surface area contributed by atoms with Gasteiger partial charge in [0.25, 0.3) is 5.56 Å². The van der Waals surface area contributed by atoms with Crippen molar-refractivity contribution in [2.45, 2.75) is 92.8 Å². The Morgan fingerprint density at radius 2 is 1.83 bits per heavy atom. The summed E-state index contributed by atoms with van der Waals surface area (Å²) in [5.74, 6) is 1.32. The lowest BCUT2D eigenvalue weighted by Crippen LogP contribution is -2.38. The number of amides is 1. The van der Waals surface area contributed by atoms with Crippen molar-refractivity contribution in [3.63, 3.8) is 0 Å². The first-order chi connectivity index (χ1) is 14.2. The molecule has 1 atom stereocenters. The Morgan fingerprint density at radius 1 is 1.13 bits per heavy atom. The molecule has 0 aliphatic heterocycles. The molecule has 0 aromatic carbocycles. The minimum absolute atomic E-state index is 0.0176. The van der Waals surface area contributed by atoms with E-state index < -0.39 is 11.2 Å². The van der Waals surface area contributed by atoms with E-state index in [1.54, 1.807) is 4.57 Å². The van der Waals surface area contributed by atoms with Crippen LogP contribution >= 0.6 is 0 Å². The van der Waals surface area contributed by atoms with Crippen LogP contribution in [0.15, 0.2) is 9.59 Å². The highest BCUT2D eigenvalue weighted by Gasteiger charge is 2.20. The van der Waals surface area contributed by atoms with Crippen molar-refractivity contribution in [1.29, 1.82) is 0 Å². The third kappa shape index (κ3) is 5.61. The molecule has 2 heterocycles. The molecule has 2 aromatic heterocycles. The lowest BCUT2D eigenvalue weighted by molar-refractivity contribution is -0.122. The van der Waals surface area contributed by atoms with Crippen LogP contribution in [0.3, 0.4) is 0 Å². The molecular formula is C22H37N5O3. The highest BCUT2D eigenvalue weighted by molar-refractivity contribution is 5.77. The van der Waals surface area contributed by atoms with Gasteiger partial charge in [0.05, 0.1) is 0 Å². The zero-order valence-electron chi connectivity index (χ0n) is 19.2. The summed E-state index contributed by atoms with van der Waals surface area (Å²) < 4.78 is 3.43. The van der Waals surface area contributed by atoms with Gasteiger partial charge in [-0.15, -0.1) is 0 Å². The van der Waals surface area contributed by atoms with Gasteiger partial charge in [-0.05, 0) is 24.7 Å². The second kappa shape index (κ2) is 10.6. The summed E-state index contributed by atoms with van der Waals surface area (Å²) in [5, 5.41) is 3.09. The first kappa shape index (κ1) is 23.9. The zero-order chi connectivity index (χ0) is 22.4. The van der Waals surface area contributed by atoms with E-state index in [2.05, 4.69) is 56.8 Å². The lowest BCUT2D eigenvalue weighted by Gasteiger charge is -2.20. The number of rotatable bonds is 11. The van der Waals surface area contributed by atoms with Crippen molar-refractivity contribution in [2.75, 3.05) is 0 Å². The van der Waals surface area contributed by atoms with Crippen molar-refractivity contribution < 1.29 is 4.79 Å². The molecule has 0 fully saturated rings. The summed E-state index contributed by atoms with van der Waals surface area (Å²) in [5.41, 5.74) is -0.00934. The average molecular weight is 420 g/mol. The number of hydrogen-bond donors (Lipinski definition) is 2. The van der Waals surface area contributed by atoms with Gasteiger partial charge in [0.15, 0.2) is 11.2 Å². The first-order valence-corrected chi connectivity index (χ1v) is 11.2. The number of nitrogens with one attached hydrogen (secondary N) is 2. The van der Waals surface area contributed by atoms with Gasteiger partial charge in [-0.1, -0.05) is 48.0 Å². The van der Waals surface area contributed by atoms with Gasteiger partial charge in [0.2, 0.25) is 5.91 Å². The highest BCUT2D eigenvalue weighted by Crippen LogP contribution is 2.16. The number of hydrogen-bond acceptors (Lipinski definition) is 4. The van der Waals surface area contributed by atoms with Gasteiger partial charge in [-0.2, -0.15) is 0 Å². The summed E-state index contributed by atoms with van der Waals surface area (Å²) in [6.07, 6.45) is 3.35. The first-order valence-electron chi connectivity index (χ1n) is 11.2. The maximum Gasteiger partial charge on any atom is 0.330 e. The Kier molecular flexibility index (Phi) is 8.43. The molecule has 30 heavy (non-hydrogen) atoms. The second-order valence-corrected chi connectivity index (χ2v) is 8.80. The van der Waals surface area contributed by atoms with Crippen LogP contribution in [-0.4, -0.2) is 31.1 Å². The van der Waals surface area contributed by atoms with E-state index in [0.717, 1.165) is 19.3 Å². The third-order valence-corrected chi connectivity index (χ3v) is 5.41. The molecule has 0 saturated heterocycles. The summed E-state index contributed by atoms with van der Waals surface area (Å²) in [6.45, 7) is 13.6. The molecular weight excluding hydrogens is 382 g/mol. The van der Waals surface area contributed by atoms with Gasteiger partial charge in [-0.3, -0.25) is 19.1 Å². The lowest BCUT2D eigenvalue weighted by atomic mass is 10.0. The summed E-state index contributed by atoms with van der Waals surface area (Å²) >= 11 is 0. The van der Waals surface area contributed by atoms with Crippen molar-refractivity contribution >= 4 is 17.1 Å². The van der Waals surface area contributed by atoms with E-state index >= 15 is 0 Å². The Balaban J connectivity index is 2.41. The number of nitrogens with zero attached hydrogens (tertiary/aromatic N) is 3. The van der Waals surface area contributed by atoms with Crippen LogP contribution in [0.4, 0.5) is 0 Å². The molecule has 2 N–H and O–H groups in total. The number of fused-ring (bicyclic) bond motifs is 1. The van der Waals surface area contributed by atoms with Gasteiger partial charge in [0, 0.05) is 32.0 Å². The summed E-state index contributed by atoms with van der Waals surface area (Å²) in [4.78, 5) is 44.6. The van der Waals surface area contributed by atoms with Crippen molar-refractivity contribution in [3.8, 4) is 0 Å². The second-order valence-electron chi connectivity index (χ2n) is 8.80. The fraction of sp³-hybridized carbons (Fsp3) is 0.727.